The number of piperidine rings is 1. The Morgan fingerprint density at radius 3 is 2.92 bits per heavy atom. The number of furan rings is 1. The quantitative estimate of drug-likeness (QED) is 0.839. The van der Waals surface area contributed by atoms with Gasteiger partial charge in [-0.05, 0) is 37.9 Å². The smallest absolute Gasteiger partial charge is 0.226 e. The van der Waals surface area contributed by atoms with Crippen molar-refractivity contribution in [2.75, 3.05) is 13.1 Å². The monoisotopic (exact) mass is 391 g/mol. The second kappa shape index (κ2) is 9.42. The van der Waals surface area contributed by atoms with Gasteiger partial charge in [0.05, 0.1) is 12.1 Å². The van der Waals surface area contributed by atoms with Crippen molar-refractivity contribution in [2.45, 2.75) is 32.7 Å². The molecule has 0 aliphatic carbocycles. The predicted octanol–water partition coefficient (Wildman–Crippen LogP) is 3.21. The molecule has 2 aromatic rings. The van der Waals surface area contributed by atoms with Gasteiger partial charge in [0.25, 0.3) is 0 Å². The van der Waals surface area contributed by atoms with Gasteiger partial charge in [-0.25, -0.2) is 4.98 Å². The van der Waals surface area contributed by atoms with E-state index in [1.807, 2.05) is 24.4 Å². The van der Waals surface area contributed by atoms with Crippen LogP contribution < -0.4 is 10.6 Å². The Morgan fingerprint density at radius 2 is 2.25 bits per heavy atom. The molecule has 1 fully saturated rings. The zero-order chi connectivity index (χ0) is 15.5. The normalized spacial score (nSPS) is 19.9. The van der Waals surface area contributed by atoms with Crippen LogP contribution in [0.5, 0.6) is 0 Å². The highest BCUT2D eigenvalue weighted by Gasteiger charge is 2.23. The third kappa shape index (κ3) is 5.21. The number of aryl methyl sites for hydroxylation is 1. The van der Waals surface area contributed by atoms with Gasteiger partial charge < -0.3 is 15.1 Å². The zero-order valence-corrected chi connectivity index (χ0v) is 16.2. The molecule has 0 radical (unpaired) electrons. The van der Waals surface area contributed by atoms with E-state index < -0.39 is 0 Å². The lowest BCUT2D eigenvalue weighted by molar-refractivity contribution is -0.121. The molecule has 134 valence electrons. The van der Waals surface area contributed by atoms with E-state index in [1.165, 1.54) is 11.3 Å². The summed E-state index contributed by atoms with van der Waals surface area (Å²) >= 11 is 1.51. The third-order valence-electron chi connectivity index (χ3n) is 4.02. The first-order valence-electron chi connectivity index (χ1n) is 7.63. The predicted molar refractivity (Wildman–Crippen MR) is 101 cm³/mol. The molecule has 0 aromatic carbocycles. The maximum absolute atomic E-state index is 12.2. The number of hydrogen-bond donors (Lipinski definition) is 2. The van der Waals surface area contributed by atoms with Crippen LogP contribution in [0, 0.1) is 12.8 Å². The van der Waals surface area contributed by atoms with E-state index >= 15 is 0 Å². The van der Waals surface area contributed by atoms with Gasteiger partial charge in [0, 0.05) is 18.0 Å². The van der Waals surface area contributed by atoms with Gasteiger partial charge in [0.1, 0.15) is 5.76 Å². The summed E-state index contributed by atoms with van der Waals surface area (Å²) in [6, 6.07) is 4.04. The molecule has 24 heavy (non-hydrogen) atoms. The number of nitrogens with one attached hydrogen (secondary N) is 2. The van der Waals surface area contributed by atoms with Crippen LogP contribution in [0.4, 0.5) is 0 Å². The highest BCUT2D eigenvalue weighted by molar-refractivity contribution is 7.13. The summed E-state index contributed by atoms with van der Waals surface area (Å²) in [4.78, 5) is 16.7. The molecule has 0 bridgehead atoms. The minimum atomic E-state index is 0. The maximum atomic E-state index is 12.2. The Labute approximate surface area is 158 Å². The fraction of sp³-hybridized carbons (Fsp3) is 0.500. The van der Waals surface area contributed by atoms with Crippen molar-refractivity contribution in [3.8, 4) is 10.8 Å². The zero-order valence-electron chi connectivity index (χ0n) is 13.7. The van der Waals surface area contributed by atoms with E-state index in [4.69, 9.17) is 4.42 Å². The molecule has 3 heterocycles. The van der Waals surface area contributed by atoms with Crippen LogP contribution >= 0.6 is 36.2 Å². The van der Waals surface area contributed by atoms with Crippen LogP contribution in [-0.4, -0.2) is 30.0 Å². The Morgan fingerprint density at radius 1 is 1.46 bits per heavy atom. The van der Waals surface area contributed by atoms with Gasteiger partial charge in [-0.2, -0.15) is 0 Å². The first kappa shape index (κ1) is 21.0. The summed E-state index contributed by atoms with van der Waals surface area (Å²) in [5.74, 6) is 2.18. The van der Waals surface area contributed by atoms with E-state index in [0.717, 1.165) is 41.7 Å². The number of nitrogens with zero attached hydrogens (tertiary/aromatic N) is 1. The van der Waals surface area contributed by atoms with Crippen LogP contribution in [0.15, 0.2) is 21.9 Å². The fourth-order valence-corrected chi connectivity index (χ4v) is 3.44. The largest absolute Gasteiger partial charge is 0.459 e. The number of hydrogen-bond acceptors (Lipinski definition) is 5. The van der Waals surface area contributed by atoms with E-state index in [0.29, 0.717) is 12.3 Å². The molecular weight excluding hydrogens is 369 g/mol. The van der Waals surface area contributed by atoms with E-state index in [-0.39, 0.29) is 36.8 Å². The second-order valence-corrected chi connectivity index (χ2v) is 6.73. The van der Waals surface area contributed by atoms with Crippen LogP contribution in [0.3, 0.4) is 0 Å². The molecule has 3 rings (SSSR count). The number of halogens is 2. The summed E-state index contributed by atoms with van der Waals surface area (Å²) in [7, 11) is 0. The molecule has 0 saturated carbocycles. The molecule has 2 atom stereocenters. The van der Waals surface area contributed by atoms with Crippen molar-refractivity contribution in [2.24, 2.45) is 5.92 Å². The van der Waals surface area contributed by atoms with Gasteiger partial charge in [-0.3, -0.25) is 4.79 Å². The van der Waals surface area contributed by atoms with Crippen molar-refractivity contribution in [1.29, 1.82) is 0 Å². The Balaban J connectivity index is 0.00000144. The molecule has 1 amide bonds. The molecular formula is C16H23Cl2N3O2S. The number of carbonyl (C=O) groups is 1. The van der Waals surface area contributed by atoms with E-state index in [2.05, 4.69) is 22.5 Å². The Kier molecular flexibility index (Phi) is 8.22. The first-order valence-corrected chi connectivity index (χ1v) is 8.51. The fourth-order valence-electron chi connectivity index (χ4n) is 2.66. The first-order chi connectivity index (χ1) is 10.6. The molecule has 2 unspecified atom stereocenters. The number of carbonyl (C=O) groups excluding carboxylic acids is 1. The molecule has 1 aliphatic rings. The lowest BCUT2D eigenvalue weighted by atomic mass is 9.95. The van der Waals surface area contributed by atoms with Gasteiger partial charge >= 0.3 is 0 Å². The van der Waals surface area contributed by atoms with Crippen LogP contribution in [0.1, 0.15) is 24.8 Å². The van der Waals surface area contributed by atoms with Gasteiger partial charge in [-0.1, -0.05) is 6.92 Å². The number of thiazole rings is 1. The van der Waals surface area contributed by atoms with Crippen molar-refractivity contribution in [3.05, 3.63) is 29.0 Å². The topological polar surface area (TPSA) is 67.2 Å². The van der Waals surface area contributed by atoms with Crippen LogP contribution in [-0.2, 0) is 11.2 Å². The van der Waals surface area contributed by atoms with Crippen LogP contribution in [0.2, 0.25) is 0 Å². The summed E-state index contributed by atoms with van der Waals surface area (Å²) in [5, 5.41) is 9.18. The molecule has 8 heteroatoms. The summed E-state index contributed by atoms with van der Waals surface area (Å²) in [5.41, 5.74) is 0.794. The molecule has 5 nitrogen and oxygen atoms in total. The lowest BCUT2D eigenvalue weighted by Crippen LogP contribution is -2.50. The highest BCUT2D eigenvalue weighted by Crippen LogP contribution is 2.25. The standard InChI is InChI=1S/C16H21N3O2S.2ClH/c1-10-5-6-17-8-13(10)19-15(20)7-12-9-22-16(18-12)14-4-3-11(2)21-14;;/h3-4,9-10,13,17H,5-8H2,1-2H3,(H,19,20);2*1H. The van der Waals surface area contributed by atoms with Gasteiger partial charge in [-0.15, -0.1) is 36.2 Å². The molecule has 0 spiro atoms. The minimum Gasteiger partial charge on any atom is -0.459 e. The van der Waals surface area contributed by atoms with E-state index in [1.54, 1.807) is 0 Å². The van der Waals surface area contributed by atoms with E-state index in [9.17, 15) is 4.79 Å². The number of aromatic nitrogens is 1. The average molecular weight is 392 g/mol. The van der Waals surface area contributed by atoms with Gasteiger partial charge in [0.2, 0.25) is 5.91 Å². The number of rotatable bonds is 4. The Hall–Kier alpha value is -1.08. The molecule has 1 aliphatic heterocycles. The maximum Gasteiger partial charge on any atom is 0.226 e. The summed E-state index contributed by atoms with van der Waals surface area (Å²) in [6.45, 7) is 5.98. The summed E-state index contributed by atoms with van der Waals surface area (Å²) in [6.07, 6.45) is 1.42. The minimum absolute atomic E-state index is 0. The van der Waals surface area contributed by atoms with Crippen molar-refractivity contribution in [1.82, 2.24) is 15.6 Å². The SMILES string of the molecule is Cc1ccc(-c2nc(CC(=O)NC3CNCCC3C)cs2)o1.Cl.Cl. The molecule has 2 N–H and O–H groups in total. The van der Waals surface area contributed by atoms with Gasteiger partial charge in [0.15, 0.2) is 10.8 Å². The van der Waals surface area contributed by atoms with Crippen molar-refractivity contribution in [3.63, 3.8) is 0 Å². The lowest BCUT2D eigenvalue weighted by Gasteiger charge is -2.30. The second-order valence-electron chi connectivity index (χ2n) is 5.88. The molecule has 1 saturated heterocycles. The highest BCUT2D eigenvalue weighted by atomic mass is 35.5. The van der Waals surface area contributed by atoms with Crippen LogP contribution in [0.25, 0.3) is 10.8 Å². The number of amides is 1. The third-order valence-corrected chi connectivity index (χ3v) is 4.92. The van der Waals surface area contributed by atoms with Crippen molar-refractivity contribution >= 4 is 42.1 Å². The van der Waals surface area contributed by atoms with Crippen molar-refractivity contribution < 1.29 is 9.21 Å². The Bertz CT molecular complexity index is 659. The molecule has 2 aromatic heterocycles. The average Bonchev–Trinajstić information content (AvgIpc) is 3.10. The summed E-state index contributed by atoms with van der Waals surface area (Å²) < 4.78 is 5.56.